The maximum atomic E-state index is 13.5. The zero-order chi connectivity index (χ0) is 13.8. The van der Waals surface area contributed by atoms with E-state index in [1.807, 2.05) is 0 Å². The van der Waals surface area contributed by atoms with E-state index in [1.54, 1.807) is 24.3 Å². The molecule has 0 bridgehead atoms. The van der Waals surface area contributed by atoms with E-state index in [0.717, 1.165) is 4.47 Å². The van der Waals surface area contributed by atoms with Gasteiger partial charge < -0.3 is 9.84 Å². The number of halogens is 2. The van der Waals surface area contributed by atoms with Crippen LogP contribution in [0, 0.1) is 5.82 Å². The van der Waals surface area contributed by atoms with Crippen LogP contribution in [0.2, 0.25) is 0 Å². The molecule has 0 fully saturated rings. The van der Waals surface area contributed by atoms with Crippen LogP contribution in [0.25, 0.3) is 0 Å². The predicted octanol–water partition coefficient (Wildman–Crippen LogP) is 3.87. The highest BCUT2D eigenvalue weighted by molar-refractivity contribution is 9.10. The molecule has 2 rings (SSSR count). The minimum absolute atomic E-state index is 0.0361. The maximum absolute atomic E-state index is 13.5. The van der Waals surface area contributed by atoms with Gasteiger partial charge in [-0.15, -0.1) is 0 Å². The van der Waals surface area contributed by atoms with Gasteiger partial charge in [0.25, 0.3) is 0 Å². The minimum Gasteiger partial charge on any atom is -0.489 e. The fraction of sp³-hybridized carbons (Fsp3) is 0.0714. The molecule has 0 aromatic heterocycles. The van der Waals surface area contributed by atoms with Crippen LogP contribution in [0.15, 0.2) is 46.9 Å². The summed E-state index contributed by atoms with van der Waals surface area (Å²) in [5.74, 6) is -1.00. The van der Waals surface area contributed by atoms with Gasteiger partial charge in [-0.2, -0.15) is 0 Å². The van der Waals surface area contributed by atoms with Crippen LogP contribution in [0.5, 0.6) is 5.75 Å². The molecule has 0 atom stereocenters. The molecule has 0 aliphatic rings. The van der Waals surface area contributed by atoms with Crippen molar-refractivity contribution in [3.63, 3.8) is 0 Å². The third-order valence-electron chi connectivity index (χ3n) is 2.48. The van der Waals surface area contributed by atoms with E-state index in [-0.39, 0.29) is 18.0 Å². The van der Waals surface area contributed by atoms with Crippen molar-refractivity contribution in [2.75, 3.05) is 0 Å². The van der Waals surface area contributed by atoms with Gasteiger partial charge in [0.2, 0.25) is 0 Å². The highest BCUT2D eigenvalue weighted by Gasteiger charge is 2.06. The summed E-state index contributed by atoms with van der Waals surface area (Å²) in [6.45, 7) is 0.0361. The fourth-order valence-corrected chi connectivity index (χ4v) is 1.94. The Labute approximate surface area is 117 Å². The first-order valence-corrected chi connectivity index (χ1v) is 6.25. The lowest BCUT2D eigenvalue weighted by Crippen LogP contribution is -2.00. The molecule has 2 aromatic carbocycles. The highest BCUT2D eigenvalue weighted by Crippen LogP contribution is 2.19. The molecule has 3 nitrogen and oxygen atoms in total. The molecule has 5 heteroatoms. The Kier molecular flexibility index (Phi) is 4.16. The predicted molar refractivity (Wildman–Crippen MR) is 71.8 cm³/mol. The van der Waals surface area contributed by atoms with Crippen LogP contribution < -0.4 is 4.74 Å². The summed E-state index contributed by atoms with van der Waals surface area (Å²) in [5.41, 5.74) is 0.530. The van der Waals surface area contributed by atoms with E-state index < -0.39 is 5.97 Å². The molecule has 1 N–H and O–H groups in total. The van der Waals surface area contributed by atoms with Crippen LogP contribution >= 0.6 is 15.9 Å². The van der Waals surface area contributed by atoms with E-state index in [0.29, 0.717) is 11.3 Å². The molecule has 0 amide bonds. The smallest absolute Gasteiger partial charge is 0.335 e. The Morgan fingerprint density at radius 2 is 2.05 bits per heavy atom. The maximum Gasteiger partial charge on any atom is 0.335 e. The van der Waals surface area contributed by atoms with Crippen LogP contribution in [0.4, 0.5) is 4.39 Å². The van der Waals surface area contributed by atoms with E-state index in [4.69, 9.17) is 9.84 Å². The second-order valence-corrected chi connectivity index (χ2v) is 4.77. The van der Waals surface area contributed by atoms with Gasteiger partial charge in [0, 0.05) is 10.0 Å². The van der Waals surface area contributed by atoms with Crippen molar-refractivity contribution in [1.29, 1.82) is 0 Å². The van der Waals surface area contributed by atoms with E-state index >= 15 is 0 Å². The summed E-state index contributed by atoms with van der Waals surface area (Å²) in [5, 5.41) is 8.85. The van der Waals surface area contributed by atoms with Gasteiger partial charge >= 0.3 is 5.97 Å². The Morgan fingerprint density at radius 1 is 1.26 bits per heavy atom. The van der Waals surface area contributed by atoms with Crippen molar-refractivity contribution in [2.45, 2.75) is 6.61 Å². The van der Waals surface area contributed by atoms with Crippen LogP contribution in [-0.4, -0.2) is 11.1 Å². The van der Waals surface area contributed by atoms with E-state index in [2.05, 4.69) is 15.9 Å². The SMILES string of the molecule is O=C(O)c1cccc(OCc2cc(Br)ccc2F)c1. The number of carbonyl (C=O) groups is 1. The van der Waals surface area contributed by atoms with Gasteiger partial charge in [0.1, 0.15) is 18.2 Å². The molecule has 2 aromatic rings. The van der Waals surface area contributed by atoms with Crippen molar-refractivity contribution in [3.8, 4) is 5.75 Å². The van der Waals surface area contributed by atoms with E-state index in [9.17, 15) is 9.18 Å². The van der Waals surface area contributed by atoms with Crippen molar-refractivity contribution in [2.24, 2.45) is 0 Å². The van der Waals surface area contributed by atoms with Gasteiger partial charge in [-0.05, 0) is 36.4 Å². The third-order valence-corrected chi connectivity index (χ3v) is 2.98. The largest absolute Gasteiger partial charge is 0.489 e. The Hall–Kier alpha value is -1.88. The first-order chi connectivity index (χ1) is 9.06. The minimum atomic E-state index is -1.03. The summed E-state index contributed by atoms with van der Waals surface area (Å²) in [6.07, 6.45) is 0. The first-order valence-electron chi connectivity index (χ1n) is 5.46. The lowest BCUT2D eigenvalue weighted by Gasteiger charge is -2.08. The third kappa shape index (κ3) is 3.54. The standard InChI is InChI=1S/C14H10BrFO3/c15-11-4-5-13(16)10(6-11)8-19-12-3-1-2-9(7-12)14(17)18/h1-7H,8H2,(H,17,18). The number of carboxylic acids is 1. The number of rotatable bonds is 4. The van der Waals surface area contributed by atoms with Crippen molar-refractivity contribution < 1.29 is 19.0 Å². The Balaban J connectivity index is 2.12. The molecule has 0 radical (unpaired) electrons. The Morgan fingerprint density at radius 3 is 2.79 bits per heavy atom. The summed E-state index contributed by atoms with van der Waals surface area (Å²) in [6, 6.07) is 10.6. The lowest BCUT2D eigenvalue weighted by molar-refractivity contribution is 0.0696. The fourth-order valence-electron chi connectivity index (χ4n) is 1.53. The highest BCUT2D eigenvalue weighted by atomic mass is 79.9. The van der Waals surface area contributed by atoms with Gasteiger partial charge in [-0.1, -0.05) is 22.0 Å². The van der Waals surface area contributed by atoms with Gasteiger partial charge in [0.15, 0.2) is 0 Å². The van der Waals surface area contributed by atoms with Crippen LogP contribution in [0.1, 0.15) is 15.9 Å². The number of ether oxygens (including phenoxy) is 1. The summed E-state index contributed by atoms with van der Waals surface area (Å²) in [4.78, 5) is 10.8. The summed E-state index contributed by atoms with van der Waals surface area (Å²) < 4.78 is 19.6. The Bertz CT molecular complexity index is 613. The van der Waals surface area contributed by atoms with Crippen molar-refractivity contribution >= 4 is 21.9 Å². The summed E-state index contributed by atoms with van der Waals surface area (Å²) in [7, 11) is 0. The monoisotopic (exact) mass is 324 g/mol. The number of hydrogen-bond acceptors (Lipinski definition) is 2. The van der Waals surface area contributed by atoms with Gasteiger partial charge in [-0.3, -0.25) is 0 Å². The second kappa shape index (κ2) is 5.84. The zero-order valence-corrected chi connectivity index (χ0v) is 11.4. The molecular weight excluding hydrogens is 315 g/mol. The number of aromatic carboxylic acids is 1. The average molecular weight is 325 g/mol. The molecule has 0 saturated heterocycles. The molecule has 98 valence electrons. The normalized spacial score (nSPS) is 10.2. The molecule has 19 heavy (non-hydrogen) atoms. The van der Waals surface area contributed by atoms with Crippen LogP contribution in [0.3, 0.4) is 0 Å². The average Bonchev–Trinajstić information content (AvgIpc) is 2.40. The first kappa shape index (κ1) is 13.5. The lowest BCUT2D eigenvalue weighted by atomic mass is 10.2. The molecular formula is C14H10BrFO3. The molecule has 0 spiro atoms. The van der Waals surface area contributed by atoms with E-state index in [1.165, 1.54) is 18.2 Å². The molecule has 0 aliphatic heterocycles. The van der Waals surface area contributed by atoms with Crippen LogP contribution in [-0.2, 0) is 6.61 Å². The summed E-state index contributed by atoms with van der Waals surface area (Å²) >= 11 is 3.25. The molecule has 0 unspecified atom stereocenters. The topological polar surface area (TPSA) is 46.5 Å². The molecule has 0 aliphatic carbocycles. The molecule has 0 saturated carbocycles. The number of benzene rings is 2. The second-order valence-electron chi connectivity index (χ2n) is 3.86. The zero-order valence-electron chi connectivity index (χ0n) is 9.77. The molecule has 0 heterocycles. The van der Waals surface area contributed by atoms with Crippen molar-refractivity contribution in [1.82, 2.24) is 0 Å². The number of hydrogen-bond donors (Lipinski definition) is 1. The van der Waals surface area contributed by atoms with Crippen molar-refractivity contribution in [3.05, 3.63) is 63.9 Å². The van der Waals surface area contributed by atoms with Gasteiger partial charge in [-0.25, -0.2) is 9.18 Å². The number of carboxylic acid groups (broad SMARTS) is 1. The quantitative estimate of drug-likeness (QED) is 0.928. The van der Waals surface area contributed by atoms with Gasteiger partial charge in [0.05, 0.1) is 5.56 Å².